The first-order valence-corrected chi connectivity index (χ1v) is 7.82. The summed E-state index contributed by atoms with van der Waals surface area (Å²) in [7, 11) is -10.6. The van der Waals surface area contributed by atoms with Gasteiger partial charge in [0.2, 0.25) is 0 Å². The van der Waals surface area contributed by atoms with Crippen molar-refractivity contribution in [3.63, 3.8) is 0 Å². The van der Waals surface area contributed by atoms with Crippen LogP contribution in [0.3, 0.4) is 0 Å². The summed E-state index contributed by atoms with van der Waals surface area (Å²) >= 11 is 0. The molecule has 0 spiro atoms. The summed E-state index contributed by atoms with van der Waals surface area (Å²) in [4.78, 5) is 35.1. The van der Waals surface area contributed by atoms with Crippen molar-refractivity contribution >= 4 is 44.7 Å². The fourth-order valence-electron chi connectivity index (χ4n) is 1.14. The van der Waals surface area contributed by atoms with Crippen molar-refractivity contribution in [2.24, 2.45) is 5.73 Å². The van der Waals surface area contributed by atoms with E-state index < -0.39 is 26.7 Å². The van der Waals surface area contributed by atoms with Gasteiger partial charge in [0.1, 0.15) is 0 Å². The van der Waals surface area contributed by atoms with Crippen molar-refractivity contribution in [1.82, 2.24) is 0 Å². The van der Waals surface area contributed by atoms with Gasteiger partial charge in [0.05, 0.1) is 0 Å². The molecule has 0 rings (SSSR count). The molecule has 99 valence electrons. The number of nitrogens with two attached hydrogens (primary N) is 1. The Balaban J connectivity index is 0. The molecule has 0 atom stereocenters. The van der Waals surface area contributed by atoms with Crippen LogP contribution in [0, 0.1) is 0 Å². The quantitative estimate of drug-likeness (QED) is 0.201. The minimum atomic E-state index is -5.30. The van der Waals surface area contributed by atoms with E-state index in [4.69, 9.17) is 25.3 Å². The van der Waals surface area contributed by atoms with Gasteiger partial charge in [0.25, 0.3) is 5.08 Å². The average molecular weight is 300 g/mol. The molecule has 1 radical (unpaired) electrons. The maximum atomic E-state index is 10.9. The van der Waals surface area contributed by atoms with Gasteiger partial charge in [-0.2, -0.15) is 0 Å². The van der Waals surface area contributed by atoms with Crippen LogP contribution in [0.5, 0.6) is 0 Å². The summed E-state index contributed by atoms with van der Waals surface area (Å²) in [6, 6.07) is 0. The predicted octanol–water partition coefficient (Wildman–Crippen LogP) is -0.874. The number of aliphatic hydroxyl groups is 1. The summed E-state index contributed by atoms with van der Waals surface area (Å²) in [5, 5.41) is 6.14. The molecule has 8 nitrogen and oxygen atoms in total. The van der Waals surface area contributed by atoms with E-state index in [2.05, 4.69) is 0 Å². The third-order valence-corrected chi connectivity index (χ3v) is 6.03. The molecule has 7 N–H and O–H groups in total. The molecule has 11 heteroatoms. The molecule has 0 aliphatic heterocycles. The molecule has 0 saturated heterocycles. The van der Waals surface area contributed by atoms with Crippen LogP contribution in [-0.4, -0.2) is 65.9 Å². The van der Waals surface area contributed by atoms with Gasteiger partial charge in [0, 0.05) is 29.6 Å². The molecule has 0 unspecified atom stereocenters. The third kappa shape index (κ3) is 5.80. The summed E-state index contributed by atoms with van der Waals surface area (Å²) in [5.74, 6) is 0. The Morgan fingerprint density at radius 2 is 1.35 bits per heavy atom. The smallest absolute Gasteiger partial charge is 0.368 e. The third-order valence-electron chi connectivity index (χ3n) is 2.15. The van der Waals surface area contributed by atoms with Crippen molar-refractivity contribution < 1.29 is 33.8 Å². The molecule has 0 aliphatic carbocycles. The van der Waals surface area contributed by atoms with E-state index in [0.717, 1.165) is 0 Å². The molecular formula is C6H17NNaO7P2. The molecule has 0 heterocycles. The average Bonchev–Trinajstić information content (AvgIpc) is 2.08. The molecule has 0 bridgehead atoms. The zero-order valence-electron chi connectivity index (χ0n) is 9.56. The molecule has 0 aliphatic rings. The molecule has 0 saturated carbocycles. The largest absolute Gasteiger partial charge is 0.369 e. The summed E-state index contributed by atoms with van der Waals surface area (Å²) in [6.45, 7) is 0.365. The van der Waals surface area contributed by atoms with Crippen LogP contribution in [0.25, 0.3) is 0 Å². The van der Waals surface area contributed by atoms with Gasteiger partial charge in [-0.1, -0.05) is 6.42 Å². The molecular weight excluding hydrogens is 283 g/mol. The Kier molecular flexibility index (Phi) is 9.33. The second kappa shape index (κ2) is 7.72. The van der Waals surface area contributed by atoms with Crippen LogP contribution >= 0.6 is 15.2 Å². The Hall–Kier alpha value is 1.22. The zero-order valence-corrected chi connectivity index (χ0v) is 13.3. The number of unbranched alkanes of at least 4 members (excludes halogenated alkanes) is 2. The van der Waals surface area contributed by atoms with Crippen LogP contribution in [-0.2, 0) is 9.13 Å². The minimum Gasteiger partial charge on any atom is -0.368 e. The minimum absolute atomic E-state index is 0. The van der Waals surface area contributed by atoms with E-state index in [1.807, 2.05) is 0 Å². The molecule has 17 heavy (non-hydrogen) atoms. The van der Waals surface area contributed by atoms with E-state index in [1.165, 1.54) is 0 Å². The fourth-order valence-corrected chi connectivity index (χ4v) is 3.40. The van der Waals surface area contributed by atoms with Gasteiger partial charge in [-0.15, -0.1) is 0 Å². The van der Waals surface area contributed by atoms with Crippen molar-refractivity contribution in [3.05, 3.63) is 0 Å². The van der Waals surface area contributed by atoms with Crippen molar-refractivity contribution in [1.29, 1.82) is 0 Å². The van der Waals surface area contributed by atoms with E-state index in [-0.39, 0.29) is 36.0 Å². The van der Waals surface area contributed by atoms with Crippen LogP contribution in [0.2, 0.25) is 0 Å². The maximum Gasteiger partial charge on any atom is 0.369 e. The fraction of sp³-hybridized carbons (Fsp3) is 1.00. The van der Waals surface area contributed by atoms with E-state index in [0.29, 0.717) is 19.4 Å². The second-order valence-corrected chi connectivity index (χ2v) is 7.47. The van der Waals surface area contributed by atoms with Gasteiger partial charge in [-0.3, -0.25) is 9.13 Å². The van der Waals surface area contributed by atoms with Gasteiger partial charge in [0.15, 0.2) is 0 Å². The Morgan fingerprint density at radius 3 is 1.65 bits per heavy atom. The first-order valence-electron chi connectivity index (χ1n) is 4.60. The standard InChI is InChI=1S/C6H17NO7P2.Na/c7-5-3-1-2-4-6(8,15(9,10)11)16(12,13)14;/h8H,1-5,7H2,(H2,9,10,11)(H2,12,13,14);. The van der Waals surface area contributed by atoms with Crippen molar-refractivity contribution in [2.75, 3.05) is 6.54 Å². The molecule has 0 aromatic rings. The van der Waals surface area contributed by atoms with Gasteiger partial charge >= 0.3 is 15.2 Å². The molecule has 0 fully saturated rings. The Labute approximate surface area is 121 Å². The van der Waals surface area contributed by atoms with Crippen molar-refractivity contribution in [3.8, 4) is 0 Å². The summed E-state index contributed by atoms with van der Waals surface area (Å²) in [6.07, 6.45) is 0.392. The second-order valence-electron chi connectivity index (χ2n) is 3.46. The number of hydrogen-bond donors (Lipinski definition) is 6. The van der Waals surface area contributed by atoms with E-state index in [9.17, 15) is 14.2 Å². The number of hydrogen-bond acceptors (Lipinski definition) is 4. The Morgan fingerprint density at radius 1 is 0.941 bits per heavy atom. The van der Waals surface area contributed by atoms with Crippen LogP contribution in [0.1, 0.15) is 25.7 Å². The SMILES string of the molecule is NCCCCCC(O)(P(=O)(O)O)P(=O)(O)O.[Na]. The predicted molar refractivity (Wildman–Crippen MR) is 62.3 cm³/mol. The normalized spacial score (nSPS) is 13.3. The van der Waals surface area contributed by atoms with Crippen LogP contribution in [0.4, 0.5) is 0 Å². The monoisotopic (exact) mass is 300 g/mol. The van der Waals surface area contributed by atoms with Crippen LogP contribution < -0.4 is 5.73 Å². The van der Waals surface area contributed by atoms with Crippen LogP contribution in [0.15, 0.2) is 0 Å². The van der Waals surface area contributed by atoms with E-state index >= 15 is 0 Å². The van der Waals surface area contributed by atoms with Gasteiger partial charge in [-0.25, -0.2) is 0 Å². The zero-order chi connectivity index (χ0) is 13.0. The molecule has 0 aromatic heterocycles. The van der Waals surface area contributed by atoms with Crippen molar-refractivity contribution in [2.45, 2.75) is 30.8 Å². The molecule has 0 amide bonds. The van der Waals surface area contributed by atoms with Gasteiger partial charge < -0.3 is 30.4 Å². The number of rotatable bonds is 7. The Bertz CT molecular complexity index is 291. The maximum absolute atomic E-state index is 10.9. The first-order chi connectivity index (χ1) is 7.06. The summed E-state index contributed by atoms with van der Waals surface area (Å²) < 4.78 is 21.8. The summed E-state index contributed by atoms with van der Waals surface area (Å²) in [5.41, 5.74) is 5.18. The first kappa shape index (κ1) is 20.5. The van der Waals surface area contributed by atoms with Gasteiger partial charge in [-0.05, 0) is 25.8 Å². The topological polar surface area (TPSA) is 161 Å². The molecule has 0 aromatic carbocycles. The van der Waals surface area contributed by atoms with E-state index in [1.54, 1.807) is 0 Å².